The van der Waals surface area contributed by atoms with Crippen molar-refractivity contribution in [1.29, 1.82) is 0 Å². The predicted molar refractivity (Wildman–Crippen MR) is 113 cm³/mol. The fourth-order valence-electron chi connectivity index (χ4n) is 3.20. The van der Waals surface area contributed by atoms with Gasteiger partial charge in [-0.3, -0.25) is 9.52 Å². The summed E-state index contributed by atoms with van der Waals surface area (Å²) in [7, 11) is -1.98. The number of fused-ring (bicyclic) bond motifs is 2. The Balaban J connectivity index is 1.61. The highest BCUT2D eigenvalue weighted by atomic mass is 32.2. The van der Waals surface area contributed by atoms with Crippen molar-refractivity contribution in [3.05, 3.63) is 83.4 Å². The second-order valence-corrected chi connectivity index (χ2v) is 8.71. The molecular weight excluding hydrogens is 388 g/mol. The van der Waals surface area contributed by atoms with Gasteiger partial charge in [-0.15, -0.1) is 0 Å². The number of sulfonamides is 1. The standard InChI is InChI=1S/C22H20N2O4S/c1-15-7-9-16(10-8-15)14-29(26,27)23-17-11-12-20-18(13-17)22(25)24(2)19-5-3-4-6-21(19)28-20/h3-13,23H,14H2,1-2H3. The van der Waals surface area contributed by atoms with Crippen LogP contribution in [0.15, 0.2) is 66.7 Å². The molecule has 0 bridgehead atoms. The van der Waals surface area contributed by atoms with Crippen LogP contribution in [-0.4, -0.2) is 21.4 Å². The minimum Gasteiger partial charge on any atom is -0.454 e. The normalized spacial score (nSPS) is 13.2. The number of ether oxygens (including phenoxy) is 1. The number of rotatable bonds is 4. The van der Waals surface area contributed by atoms with Crippen LogP contribution in [0, 0.1) is 6.92 Å². The summed E-state index contributed by atoms with van der Waals surface area (Å²) in [4.78, 5) is 14.4. The summed E-state index contributed by atoms with van der Waals surface area (Å²) in [6, 6.07) is 19.3. The lowest BCUT2D eigenvalue weighted by Crippen LogP contribution is -2.25. The van der Waals surface area contributed by atoms with Gasteiger partial charge in [-0.1, -0.05) is 42.0 Å². The van der Waals surface area contributed by atoms with Crippen LogP contribution in [0.4, 0.5) is 11.4 Å². The Bertz CT molecular complexity index is 1190. The molecule has 0 spiro atoms. The second kappa shape index (κ2) is 7.25. The third-order valence-electron chi connectivity index (χ3n) is 4.71. The smallest absolute Gasteiger partial charge is 0.261 e. The zero-order chi connectivity index (χ0) is 20.6. The maximum absolute atomic E-state index is 12.9. The Morgan fingerprint density at radius 2 is 1.69 bits per heavy atom. The zero-order valence-electron chi connectivity index (χ0n) is 16.0. The molecule has 1 heterocycles. The van der Waals surface area contributed by atoms with Crippen LogP contribution in [0.3, 0.4) is 0 Å². The van der Waals surface area contributed by atoms with Gasteiger partial charge in [0.15, 0.2) is 5.75 Å². The summed E-state index contributed by atoms with van der Waals surface area (Å²) in [6.07, 6.45) is 0. The average molecular weight is 408 g/mol. The molecule has 0 fully saturated rings. The lowest BCUT2D eigenvalue weighted by atomic mass is 10.1. The largest absolute Gasteiger partial charge is 0.454 e. The van der Waals surface area contributed by atoms with E-state index in [1.165, 1.54) is 11.0 Å². The molecule has 1 N–H and O–H groups in total. The molecule has 7 heteroatoms. The second-order valence-electron chi connectivity index (χ2n) is 6.99. The Morgan fingerprint density at radius 1 is 0.966 bits per heavy atom. The van der Waals surface area contributed by atoms with Crippen LogP contribution in [0.1, 0.15) is 21.5 Å². The van der Waals surface area contributed by atoms with Gasteiger partial charge >= 0.3 is 0 Å². The van der Waals surface area contributed by atoms with Crippen molar-refractivity contribution in [3.63, 3.8) is 0 Å². The Hall–Kier alpha value is -3.32. The molecule has 1 amide bonds. The Kier molecular flexibility index (Phi) is 4.76. The summed E-state index contributed by atoms with van der Waals surface area (Å²) in [6.45, 7) is 1.95. The van der Waals surface area contributed by atoms with Gasteiger partial charge in [0.25, 0.3) is 5.91 Å². The van der Waals surface area contributed by atoms with Crippen molar-refractivity contribution in [3.8, 4) is 11.5 Å². The lowest BCUT2D eigenvalue weighted by Gasteiger charge is -2.16. The van der Waals surface area contributed by atoms with E-state index in [-0.39, 0.29) is 11.7 Å². The molecule has 0 aromatic heterocycles. The SMILES string of the molecule is Cc1ccc(CS(=O)(=O)Nc2ccc3c(c2)C(=O)N(C)c2ccccc2O3)cc1. The van der Waals surface area contributed by atoms with Gasteiger partial charge in [0.2, 0.25) is 10.0 Å². The van der Waals surface area contributed by atoms with Crippen LogP contribution in [0.5, 0.6) is 11.5 Å². The van der Waals surface area contributed by atoms with E-state index in [2.05, 4.69) is 4.72 Å². The first-order valence-electron chi connectivity index (χ1n) is 9.07. The van der Waals surface area contributed by atoms with E-state index >= 15 is 0 Å². The zero-order valence-corrected chi connectivity index (χ0v) is 16.9. The number of nitrogens with zero attached hydrogens (tertiary/aromatic N) is 1. The highest BCUT2D eigenvalue weighted by Gasteiger charge is 2.26. The Labute approximate surface area is 169 Å². The number of aryl methyl sites for hydroxylation is 1. The van der Waals surface area contributed by atoms with E-state index in [1.807, 2.05) is 31.2 Å². The highest BCUT2D eigenvalue weighted by molar-refractivity contribution is 7.91. The average Bonchev–Trinajstić information content (AvgIpc) is 2.79. The van der Waals surface area contributed by atoms with E-state index in [0.29, 0.717) is 34.0 Å². The number of para-hydroxylation sites is 2. The van der Waals surface area contributed by atoms with E-state index in [1.54, 1.807) is 43.4 Å². The number of hydrogen-bond acceptors (Lipinski definition) is 4. The van der Waals surface area contributed by atoms with Crippen molar-refractivity contribution >= 4 is 27.3 Å². The molecule has 0 saturated carbocycles. The molecule has 3 aromatic rings. The van der Waals surface area contributed by atoms with E-state index < -0.39 is 10.0 Å². The predicted octanol–water partition coefficient (Wildman–Crippen LogP) is 4.32. The molecule has 6 nitrogen and oxygen atoms in total. The molecule has 1 aliphatic heterocycles. The molecule has 0 atom stereocenters. The summed E-state index contributed by atoms with van der Waals surface area (Å²) in [5, 5.41) is 0. The summed E-state index contributed by atoms with van der Waals surface area (Å²) >= 11 is 0. The number of anilines is 2. The summed E-state index contributed by atoms with van der Waals surface area (Å²) in [5.41, 5.74) is 3.00. The number of amides is 1. The van der Waals surface area contributed by atoms with Crippen molar-refractivity contribution in [2.45, 2.75) is 12.7 Å². The fraction of sp³-hybridized carbons (Fsp3) is 0.136. The topological polar surface area (TPSA) is 75.7 Å². The van der Waals surface area contributed by atoms with Crippen LogP contribution >= 0.6 is 0 Å². The van der Waals surface area contributed by atoms with Crippen molar-refractivity contribution in [2.75, 3.05) is 16.7 Å². The van der Waals surface area contributed by atoms with E-state index in [4.69, 9.17) is 4.74 Å². The van der Waals surface area contributed by atoms with E-state index in [9.17, 15) is 13.2 Å². The third-order valence-corrected chi connectivity index (χ3v) is 5.97. The number of benzene rings is 3. The summed E-state index contributed by atoms with van der Waals surface area (Å²) < 4.78 is 33.6. The van der Waals surface area contributed by atoms with Gasteiger partial charge in [-0.2, -0.15) is 0 Å². The van der Waals surface area contributed by atoms with Gasteiger partial charge in [0, 0.05) is 12.7 Å². The molecule has 29 heavy (non-hydrogen) atoms. The number of hydrogen-bond donors (Lipinski definition) is 1. The van der Waals surface area contributed by atoms with Gasteiger partial charge in [0.05, 0.1) is 17.0 Å². The third kappa shape index (κ3) is 3.95. The molecule has 0 radical (unpaired) electrons. The van der Waals surface area contributed by atoms with Gasteiger partial charge in [-0.25, -0.2) is 8.42 Å². The molecule has 148 valence electrons. The quantitative estimate of drug-likeness (QED) is 0.698. The molecule has 0 aliphatic carbocycles. The molecular formula is C22H20N2O4S. The van der Waals surface area contributed by atoms with Crippen molar-refractivity contribution in [1.82, 2.24) is 0 Å². The molecule has 1 aliphatic rings. The fourth-order valence-corrected chi connectivity index (χ4v) is 4.39. The van der Waals surface area contributed by atoms with Gasteiger partial charge in [0.1, 0.15) is 5.75 Å². The van der Waals surface area contributed by atoms with Gasteiger partial charge in [-0.05, 0) is 42.8 Å². The number of carbonyl (C=O) groups is 1. The van der Waals surface area contributed by atoms with Crippen LogP contribution in [-0.2, 0) is 15.8 Å². The monoisotopic (exact) mass is 408 g/mol. The minimum absolute atomic E-state index is 0.153. The van der Waals surface area contributed by atoms with Crippen LogP contribution in [0.2, 0.25) is 0 Å². The van der Waals surface area contributed by atoms with Gasteiger partial charge < -0.3 is 9.64 Å². The summed E-state index contributed by atoms with van der Waals surface area (Å²) in [5.74, 6) is 0.521. The first kappa shape index (κ1) is 19.0. The minimum atomic E-state index is -3.64. The van der Waals surface area contributed by atoms with Crippen LogP contribution < -0.4 is 14.4 Å². The van der Waals surface area contributed by atoms with Crippen molar-refractivity contribution in [2.24, 2.45) is 0 Å². The maximum atomic E-state index is 12.9. The Morgan fingerprint density at radius 3 is 2.45 bits per heavy atom. The first-order valence-corrected chi connectivity index (χ1v) is 10.7. The number of carbonyl (C=O) groups excluding carboxylic acids is 1. The molecule has 0 saturated heterocycles. The van der Waals surface area contributed by atoms with Crippen LogP contribution in [0.25, 0.3) is 0 Å². The molecule has 0 unspecified atom stereocenters. The van der Waals surface area contributed by atoms with E-state index in [0.717, 1.165) is 5.56 Å². The number of nitrogens with one attached hydrogen (secondary N) is 1. The first-order chi connectivity index (χ1) is 13.8. The maximum Gasteiger partial charge on any atom is 0.261 e. The molecule has 4 rings (SSSR count). The van der Waals surface area contributed by atoms with Crippen molar-refractivity contribution < 1.29 is 17.9 Å². The lowest BCUT2D eigenvalue weighted by molar-refractivity contribution is 0.0993. The molecule has 3 aromatic carbocycles. The highest BCUT2D eigenvalue weighted by Crippen LogP contribution is 2.38.